The number of carbonyl (C=O) groups is 2. The van der Waals surface area contributed by atoms with Gasteiger partial charge in [-0.3, -0.25) is 0 Å². The van der Waals surface area contributed by atoms with Gasteiger partial charge in [-0.25, -0.2) is 14.0 Å². The van der Waals surface area contributed by atoms with Crippen molar-refractivity contribution in [1.29, 1.82) is 0 Å². The van der Waals surface area contributed by atoms with Gasteiger partial charge in [-0.05, 0) is 39.8 Å². The number of amides is 1. The maximum Gasteiger partial charge on any atom is 0.410 e. The molecule has 1 aromatic carbocycles. The summed E-state index contributed by atoms with van der Waals surface area (Å²) in [5.74, 6) is -1.38. The number of ether oxygens (including phenoxy) is 2. The number of nitrogens with zero attached hydrogens (tertiary/aromatic N) is 2. The lowest BCUT2D eigenvalue weighted by Gasteiger charge is -2.42. The van der Waals surface area contributed by atoms with Crippen molar-refractivity contribution in [3.05, 3.63) is 28.0 Å². The molecule has 1 atom stereocenters. The predicted molar refractivity (Wildman–Crippen MR) is 100 cm³/mol. The second-order valence-corrected chi connectivity index (χ2v) is 8.16. The van der Waals surface area contributed by atoms with Crippen LogP contribution in [0.3, 0.4) is 0 Å². The number of carbonyl (C=O) groups excluding carboxylic acids is 2. The quantitative estimate of drug-likeness (QED) is 0.667. The molecule has 1 aliphatic heterocycles. The fourth-order valence-corrected chi connectivity index (χ4v) is 3.32. The first-order valence-electron chi connectivity index (χ1n) is 8.35. The summed E-state index contributed by atoms with van der Waals surface area (Å²) in [6.45, 7) is 8.63. The van der Waals surface area contributed by atoms with Crippen LogP contribution in [0.15, 0.2) is 16.6 Å². The van der Waals surface area contributed by atoms with Crippen LogP contribution in [0.2, 0.25) is 0 Å². The first kappa shape index (κ1) is 20.5. The molecule has 1 aliphatic rings. The minimum atomic E-state index is -0.730. The Labute approximate surface area is 161 Å². The average molecular weight is 431 g/mol. The third-order valence-corrected chi connectivity index (χ3v) is 4.47. The Morgan fingerprint density at radius 1 is 1.27 bits per heavy atom. The Morgan fingerprint density at radius 3 is 2.46 bits per heavy atom. The minimum Gasteiger partial charge on any atom is -0.465 e. The number of rotatable bonds is 2. The van der Waals surface area contributed by atoms with E-state index in [1.807, 2.05) is 32.6 Å². The average Bonchev–Trinajstić information content (AvgIpc) is 2.51. The zero-order valence-corrected chi connectivity index (χ0v) is 17.2. The molecule has 2 rings (SSSR count). The molecule has 0 saturated carbocycles. The second kappa shape index (κ2) is 7.82. The molecule has 144 valence electrons. The normalized spacial score (nSPS) is 17.9. The van der Waals surface area contributed by atoms with E-state index in [2.05, 4.69) is 15.9 Å². The number of piperazine rings is 1. The van der Waals surface area contributed by atoms with Crippen LogP contribution < -0.4 is 4.90 Å². The van der Waals surface area contributed by atoms with Crippen LogP contribution >= 0.6 is 15.9 Å². The molecular formula is C18H24BrFN2O4. The summed E-state index contributed by atoms with van der Waals surface area (Å²) in [7, 11) is 1.22. The van der Waals surface area contributed by atoms with Crippen molar-refractivity contribution in [3.63, 3.8) is 0 Å². The maximum atomic E-state index is 14.4. The van der Waals surface area contributed by atoms with Crippen molar-refractivity contribution in [1.82, 2.24) is 4.90 Å². The van der Waals surface area contributed by atoms with E-state index in [1.165, 1.54) is 13.2 Å². The molecule has 0 aliphatic carbocycles. The highest BCUT2D eigenvalue weighted by Gasteiger charge is 2.32. The van der Waals surface area contributed by atoms with E-state index in [1.54, 1.807) is 11.0 Å². The van der Waals surface area contributed by atoms with Crippen molar-refractivity contribution >= 4 is 33.7 Å². The Morgan fingerprint density at radius 2 is 1.92 bits per heavy atom. The highest BCUT2D eigenvalue weighted by Crippen LogP contribution is 2.31. The van der Waals surface area contributed by atoms with E-state index < -0.39 is 17.4 Å². The van der Waals surface area contributed by atoms with Crippen LogP contribution in [0.4, 0.5) is 14.9 Å². The monoisotopic (exact) mass is 430 g/mol. The number of hydrogen-bond donors (Lipinski definition) is 0. The first-order chi connectivity index (χ1) is 12.0. The third-order valence-electron chi connectivity index (χ3n) is 4.01. The van der Waals surface area contributed by atoms with Gasteiger partial charge < -0.3 is 19.3 Å². The van der Waals surface area contributed by atoms with Crippen molar-refractivity contribution in [3.8, 4) is 0 Å². The first-order valence-corrected chi connectivity index (χ1v) is 9.14. The van der Waals surface area contributed by atoms with Gasteiger partial charge in [-0.15, -0.1) is 0 Å². The van der Waals surface area contributed by atoms with Gasteiger partial charge in [0.15, 0.2) is 0 Å². The van der Waals surface area contributed by atoms with Crippen LogP contribution in [-0.2, 0) is 9.47 Å². The van der Waals surface area contributed by atoms with Crippen LogP contribution in [0, 0.1) is 5.82 Å². The Kier molecular flexibility index (Phi) is 6.16. The summed E-state index contributed by atoms with van der Waals surface area (Å²) >= 11 is 3.27. The number of anilines is 1. The molecule has 0 aromatic heterocycles. The molecule has 26 heavy (non-hydrogen) atoms. The third kappa shape index (κ3) is 4.66. The van der Waals surface area contributed by atoms with Gasteiger partial charge in [-0.2, -0.15) is 0 Å². The molecular weight excluding hydrogens is 407 g/mol. The van der Waals surface area contributed by atoms with Crippen molar-refractivity contribution in [2.24, 2.45) is 0 Å². The number of hydrogen-bond acceptors (Lipinski definition) is 5. The van der Waals surface area contributed by atoms with E-state index in [0.717, 1.165) is 0 Å². The SMILES string of the molecule is COC(=O)c1c(F)cc(Br)cc1N1CCN(C(=O)OC(C)(C)C)C[C@@H]1C. The van der Waals surface area contributed by atoms with Crippen LogP contribution in [0.25, 0.3) is 0 Å². The van der Waals surface area contributed by atoms with Crippen molar-refractivity contribution in [2.75, 3.05) is 31.6 Å². The zero-order chi connectivity index (χ0) is 19.6. The van der Waals surface area contributed by atoms with Gasteiger partial charge in [-0.1, -0.05) is 15.9 Å². The standard InChI is InChI=1S/C18H24BrFN2O4/c1-11-10-21(17(24)26-18(2,3)4)6-7-22(11)14-9-12(19)8-13(20)15(14)16(23)25-5/h8-9,11H,6-7,10H2,1-5H3/t11-/m0/s1. The molecule has 0 unspecified atom stereocenters. The Hall–Kier alpha value is -1.83. The summed E-state index contributed by atoms with van der Waals surface area (Å²) in [6.07, 6.45) is -0.377. The number of benzene rings is 1. The lowest BCUT2D eigenvalue weighted by atomic mass is 10.1. The van der Waals surface area contributed by atoms with Gasteiger partial charge in [0.05, 0.1) is 12.8 Å². The summed E-state index contributed by atoms with van der Waals surface area (Å²) < 4.78 is 25.0. The van der Waals surface area contributed by atoms with Crippen molar-refractivity contribution < 1.29 is 23.5 Å². The molecule has 0 spiro atoms. The highest BCUT2D eigenvalue weighted by molar-refractivity contribution is 9.10. The molecule has 1 amide bonds. The molecule has 0 N–H and O–H groups in total. The number of halogens is 2. The Balaban J connectivity index is 2.25. The van der Waals surface area contributed by atoms with Crippen LogP contribution in [0.5, 0.6) is 0 Å². The maximum absolute atomic E-state index is 14.4. The predicted octanol–water partition coefficient (Wildman–Crippen LogP) is 3.82. The molecule has 1 saturated heterocycles. The van der Waals surface area contributed by atoms with Crippen molar-refractivity contribution in [2.45, 2.75) is 39.3 Å². The van der Waals surface area contributed by atoms with Gasteiger partial charge >= 0.3 is 12.1 Å². The number of esters is 1. The van der Waals surface area contributed by atoms with E-state index in [-0.39, 0.29) is 17.7 Å². The summed E-state index contributed by atoms with van der Waals surface area (Å²) in [4.78, 5) is 27.9. The zero-order valence-electron chi connectivity index (χ0n) is 15.6. The van der Waals surface area contributed by atoms with E-state index in [0.29, 0.717) is 29.8 Å². The van der Waals surface area contributed by atoms with E-state index in [9.17, 15) is 14.0 Å². The van der Waals surface area contributed by atoms with E-state index in [4.69, 9.17) is 9.47 Å². The smallest absolute Gasteiger partial charge is 0.410 e. The van der Waals surface area contributed by atoms with Gasteiger partial charge in [0.1, 0.15) is 17.0 Å². The van der Waals surface area contributed by atoms with Gasteiger partial charge in [0.25, 0.3) is 0 Å². The lowest BCUT2D eigenvalue weighted by Crippen LogP contribution is -2.55. The lowest BCUT2D eigenvalue weighted by molar-refractivity contribution is 0.0218. The molecule has 1 aromatic rings. The number of methoxy groups -OCH3 is 1. The fraction of sp³-hybridized carbons (Fsp3) is 0.556. The fourth-order valence-electron chi connectivity index (χ4n) is 2.90. The highest BCUT2D eigenvalue weighted by atomic mass is 79.9. The van der Waals surface area contributed by atoms with E-state index >= 15 is 0 Å². The molecule has 1 fully saturated rings. The van der Waals surface area contributed by atoms with Gasteiger partial charge in [0.2, 0.25) is 0 Å². The van der Waals surface area contributed by atoms with Crippen LogP contribution in [0.1, 0.15) is 38.1 Å². The summed E-state index contributed by atoms with van der Waals surface area (Å²) in [5, 5.41) is 0. The molecule has 0 bridgehead atoms. The molecule has 1 heterocycles. The Bertz CT molecular complexity index is 705. The summed E-state index contributed by atoms with van der Waals surface area (Å²) in [5.41, 5.74) is -0.225. The molecule has 0 radical (unpaired) electrons. The topological polar surface area (TPSA) is 59.1 Å². The molecule has 8 heteroatoms. The summed E-state index contributed by atoms with van der Waals surface area (Å²) in [6, 6.07) is 2.79. The molecule has 6 nitrogen and oxygen atoms in total. The minimum absolute atomic E-state index is 0.103. The van der Waals surface area contributed by atoms with Gasteiger partial charge in [0, 0.05) is 30.1 Å². The largest absolute Gasteiger partial charge is 0.465 e. The van der Waals surface area contributed by atoms with Crippen LogP contribution in [-0.4, -0.2) is 55.3 Å². The second-order valence-electron chi connectivity index (χ2n) is 7.24.